The Balaban J connectivity index is 0.997. The second-order valence-corrected chi connectivity index (χ2v) is 20.0. The monoisotopic (exact) mass is 773 g/mol. The molecular weight excluding hydrogens is 731 g/mol. The fourth-order valence-electron chi connectivity index (χ4n) is 12.4. The molecule has 284 valence electrons. The van der Waals surface area contributed by atoms with E-state index in [1.54, 1.807) is 0 Å². The van der Waals surface area contributed by atoms with Crippen LogP contribution in [0.2, 0.25) is 0 Å². The average molecular weight is 774 g/mol. The highest BCUT2D eigenvalue weighted by atomic mass is 32.2. The van der Waals surface area contributed by atoms with Gasteiger partial charge in [-0.05, 0) is 131 Å². The number of hydrogen-bond acceptors (Lipinski definition) is 5. The molecule has 6 aliphatic rings. The molecule has 1 aromatic heterocycles. The summed E-state index contributed by atoms with van der Waals surface area (Å²) in [6.07, 6.45) is 6.06. The van der Waals surface area contributed by atoms with Crippen LogP contribution in [-0.4, -0.2) is 23.4 Å². The van der Waals surface area contributed by atoms with E-state index in [9.17, 15) is 8.42 Å². The molecule has 13 rings (SSSR count). The summed E-state index contributed by atoms with van der Waals surface area (Å²) in [7, 11) is -3.68. The number of sulfone groups is 1. The van der Waals surface area contributed by atoms with Crippen molar-refractivity contribution in [1.29, 1.82) is 0 Å². The fourth-order valence-corrected chi connectivity index (χ4v) is 14.2. The average Bonchev–Trinajstić information content (AvgIpc) is 3.48. The Hall–Kier alpha value is -5.72. The second-order valence-electron chi connectivity index (χ2n) is 18.1. The van der Waals surface area contributed by atoms with Crippen LogP contribution in [0, 0.1) is 23.7 Å². The van der Waals surface area contributed by atoms with E-state index in [1.807, 2.05) is 54.6 Å². The van der Waals surface area contributed by atoms with Crippen LogP contribution in [0.25, 0.3) is 56.4 Å². The Bertz CT molecular complexity index is 2940. The van der Waals surface area contributed by atoms with Crippen molar-refractivity contribution in [3.05, 3.63) is 162 Å². The number of benzene rings is 6. The van der Waals surface area contributed by atoms with Crippen LogP contribution in [0.5, 0.6) is 0 Å². The molecule has 0 atom stereocenters. The topological polar surface area (TPSA) is 72.8 Å². The highest BCUT2D eigenvalue weighted by Crippen LogP contribution is 2.68. The third kappa shape index (κ3) is 4.75. The van der Waals surface area contributed by atoms with Crippen LogP contribution < -0.4 is 0 Å². The lowest BCUT2D eigenvalue weighted by atomic mass is 9.42. The van der Waals surface area contributed by atoms with Crippen molar-refractivity contribution >= 4 is 9.84 Å². The van der Waals surface area contributed by atoms with Gasteiger partial charge in [0.15, 0.2) is 17.5 Å². The zero-order chi connectivity index (χ0) is 39.0. The van der Waals surface area contributed by atoms with Crippen LogP contribution in [-0.2, 0) is 20.7 Å². The van der Waals surface area contributed by atoms with Gasteiger partial charge in [0.1, 0.15) is 0 Å². The van der Waals surface area contributed by atoms with Gasteiger partial charge in [0.25, 0.3) is 0 Å². The molecule has 6 aromatic carbocycles. The van der Waals surface area contributed by atoms with Crippen LogP contribution in [0.1, 0.15) is 68.2 Å². The van der Waals surface area contributed by atoms with E-state index in [1.165, 1.54) is 54.4 Å². The van der Waals surface area contributed by atoms with Gasteiger partial charge in [-0.1, -0.05) is 123 Å². The fraction of sp³-hybridized carbons (Fsp3) is 0.250. The number of nitrogens with zero attached hydrogens (tertiary/aromatic N) is 3. The third-order valence-corrected chi connectivity index (χ3v) is 16.6. The van der Waals surface area contributed by atoms with E-state index in [-0.39, 0.29) is 10.8 Å². The Morgan fingerprint density at radius 3 is 1.71 bits per heavy atom. The van der Waals surface area contributed by atoms with Crippen molar-refractivity contribution in [2.24, 2.45) is 23.7 Å². The lowest BCUT2D eigenvalue weighted by Crippen LogP contribution is -2.57. The van der Waals surface area contributed by atoms with E-state index in [4.69, 9.17) is 15.0 Å². The minimum atomic E-state index is -3.68. The Kier molecular flexibility index (Phi) is 7.19. The van der Waals surface area contributed by atoms with Crippen molar-refractivity contribution < 1.29 is 8.42 Å². The zero-order valence-corrected chi connectivity index (χ0v) is 33.5. The first-order valence-corrected chi connectivity index (χ1v) is 22.3. The van der Waals surface area contributed by atoms with Crippen molar-refractivity contribution in [2.45, 2.75) is 66.6 Å². The van der Waals surface area contributed by atoms with Crippen molar-refractivity contribution in [2.75, 3.05) is 0 Å². The van der Waals surface area contributed by atoms with E-state index in [0.29, 0.717) is 39.1 Å². The molecule has 5 aliphatic carbocycles. The van der Waals surface area contributed by atoms with Crippen LogP contribution >= 0.6 is 0 Å². The van der Waals surface area contributed by atoms with Crippen LogP contribution in [0.4, 0.5) is 0 Å². The molecule has 6 heteroatoms. The molecular formula is C52H43N3O2S. The number of hydrogen-bond donors (Lipinski definition) is 0. The summed E-state index contributed by atoms with van der Waals surface area (Å²) >= 11 is 0. The Morgan fingerprint density at radius 1 is 0.448 bits per heavy atom. The summed E-state index contributed by atoms with van der Waals surface area (Å²) in [5.74, 6) is 4.25. The minimum Gasteiger partial charge on any atom is -0.218 e. The van der Waals surface area contributed by atoms with Gasteiger partial charge in [0.2, 0.25) is 9.84 Å². The van der Waals surface area contributed by atoms with Crippen molar-refractivity contribution in [3.63, 3.8) is 0 Å². The van der Waals surface area contributed by atoms with E-state index in [0.717, 1.165) is 50.8 Å². The smallest absolute Gasteiger partial charge is 0.207 e. The normalized spacial score (nSPS) is 24.9. The predicted molar refractivity (Wildman–Crippen MR) is 229 cm³/mol. The summed E-state index contributed by atoms with van der Waals surface area (Å²) < 4.78 is 28.9. The molecule has 4 fully saturated rings. The summed E-state index contributed by atoms with van der Waals surface area (Å²) in [6.45, 7) is 4.59. The first kappa shape index (κ1) is 34.3. The molecule has 4 saturated carbocycles. The van der Waals surface area contributed by atoms with Gasteiger partial charge in [-0.3, -0.25) is 0 Å². The van der Waals surface area contributed by atoms with Crippen LogP contribution in [0.3, 0.4) is 0 Å². The van der Waals surface area contributed by atoms with Gasteiger partial charge in [-0.15, -0.1) is 0 Å². The van der Waals surface area contributed by atoms with Gasteiger partial charge in [0.05, 0.1) is 9.79 Å². The lowest BCUT2D eigenvalue weighted by Gasteiger charge is -2.63. The minimum absolute atomic E-state index is 0.153. The van der Waals surface area contributed by atoms with Crippen molar-refractivity contribution in [1.82, 2.24) is 15.0 Å². The van der Waals surface area contributed by atoms with E-state index >= 15 is 0 Å². The molecule has 2 heterocycles. The van der Waals surface area contributed by atoms with E-state index < -0.39 is 9.84 Å². The maximum atomic E-state index is 14.4. The summed E-state index contributed by atoms with van der Waals surface area (Å²) in [5.41, 5.74) is 11.5. The van der Waals surface area contributed by atoms with Crippen molar-refractivity contribution in [3.8, 4) is 56.4 Å². The van der Waals surface area contributed by atoms with E-state index in [2.05, 4.69) is 98.8 Å². The maximum absolute atomic E-state index is 14.4. The molecule has 0 saturated heterocycles. The summed E-state index contributed by atoms with van der Waals surface area (Å²) in [6, 6.07) is 47.9. The molecule has 1 spiro atoms. The van der Waals surface area contributed by atoms with Crippen LogP contribution in [0.15, 0.2) is 149 Å². The first-order chi connectivity index (χ1) is 28.2. The zero-order valence-electron chi connectivity index (χ0n) is 32.7. The van der Waals surface area contributed by atoms with Gasteiger partial charge >= 0.3 is 0 Å². The first-order valence-electron chi connectivity index (χ1n) is 20.9. The SMILES string of the molecule is CC1(C)c2ccccc2-c2ccc(-c3nc(-c4ccccc4)nc(-c4cccc(-c5ccc6c(c5)C5(c7ccccc7S6(=O)=O)C6CC7CC(C6)CC5C7)c4)n3)cc21. The molecule has 58 heavy (non-hydrogen) atoms. The Morgan fingerprint density at radius 2 is 0.966 bits per heavy atom. The second kappa shape index (κ2) is 12.2. The Labute approximate surface area is 340 Å². The number of aromatic nitrogens is 3. The molecule has 0 radical (unpaired) electrons. The lowest BCUT2D eigenvalue weighted by molar-refractivity contribution is -0.0446. The number of rotatable bonds is 4. The summed E-state index contributed by atoms with van der Waals surface area (Å²) in [5, 5.41) is 0. The van der Waals surface area contributed by atoms with Gasteiger partial charge in [0, 0.05) is 27.5 Å². The molecule has 4 bridgehead atoms. The largest absolute Gasteiger partial charge is 0.218 e. The number of fused-ring (bicyclic) bond motifs is 5. The molecule has 1 aliphatic heterocycles. The highest BCUT2D eigenvalue weighted by molar-refractivity contribution is 7.91. The van der Waals surface area contributed by atoms with Gasteiger partial charge in [-0.2, -0.15) is 0 Å². The highest BCUT2D eigenvalue weighted by Gasteiger charge is 2.62. The molecule has 0 amide bonds. The predicted octanol–water partition coefficient (Wildman–Crippen LogP) is 11.7. The molecule has 0 unspecified atom stereocenters. The van der Waals surface area contributed by atoms with Gasteiger partial charge in [-0.25, -0.2) is 23.4 Å². The molecule has 7 aromatic rings. The van der Waals surface area contributed by atoms with Gasteiger partial charge < -0.3 is 0 Å². The molecule has 0 N–H and O–H groups in total. The standard InChI is InChI=1S/C52H43N3O2S/c1-51(2)42-16-7-6-15-40(42)41-21-19-37(30-44(41)51)50-54-48(33-11-4-3-5-12-33)53-49(55-50)36-14-10-13-34(28-36)35-20-22-47-45(29-35)52(43-17-8-9-18-46(43)58(47,56)57)38-24-31-23-32(26-38)27-39(52)25-31/h3-22,28-32,38-39H,23-27H2,1-2H3. The third-order valence-electron chi connectivity index (χ3n) is 14.7. The molecule has 5 nitrogen and oxygen atoms in total. The summed E-state index contributed by atoms with van der Waals surface area (Å²) in [4.78, 5) is 16.4. The quantitative estimate of drug-likeness (QED) is 0.178. The maximum Gasteiger partial charge on any atom is 0.207 e.